The molecule has 0 saturated heterocycles. The summed E-state index contributed by atoms with van der Waals surface area (Å²) < 4.78 is 9.42. The van der Waals surface area contributed by atoms with Crippen molar-refractivity contribution in [1.82, 2.24) is 10.1 Å². The highest BCUT2D eigenvalue weighted by molar-refractivity contribution is 6.60. The zero-order chi connectivity index (χ0) is 16.6. The van der Waals surface area contributed by atoms with Gasteiger partial charge in [-0.15, -0.1) is 0 Å². The number of nitrogens with zero attached hydrogens (tertiary/aromatic N) is 2. The van der Waals surface area contributed by atoms with Crippen LogP contribution in [0.4, 0.5) is 5.95 Å². The summed E-state index contributed by atoms with van der Waals surface area (Å²) in [4.78, 5) is 25.9. The molecule has 0 aliphatic rings. The number of anilines is 1. The van der Waals surface area contributed by atoms with Gasteiger partial charge in [0.25, 0.3) is 0 Å². The van der Waals surface area contributed by atoms with Crippen LogP contribution in [0.2, 0.25) is 0 Å². The molecule has 1 aromatic heterocycles. The molecule has 1 rings (SSSR count). The molecular weight excluding hydrogens is 283 g/mol. The molecule has 0 aliphatic carbocycles. The number of carbonyl (C=O) groups is 1. The molecule has 0 atom stereocenters. The van der Waals surface area contributed by atoms with E-state index < -0.39 is 17.0 Å². The fourth-order valence-electron chi connectivity index (χ4n) is 1.80. The SMILES string of the molecule is [B]C([B])([B])N(CC(=O)OCCCCCCC)c1noc(=O)[nH]1. The lowest BCUT2D eigenvalue weighted by atomic mass is 9.48. The predicted molar refractivity (Wildman–Crippen MR) is 84.2 cm³/mol. The van der Waals surface area contributed by atoms with Gasteiger partial charge in [0, 0.05) is 0 Å². The van der Waals surface area contributed by atoms with Gasteiger partial charge in [0.05, 0.1) is 30.1 Å². The number of H-pyrrole nitrogens is 1. The smallest absolute Gasteiger partial charge is 0.440 e. The van der Waals surface area contributed by atoms with Crippen molar-refractivity contribution >= 4 is 35.5 Å². The molecule has 0 amide bonds. The number of esters is 1. The number of nitrogens with one attached hydrogen (secondary N) is 1. The maximum Gasteiger partial charge on any atom is 0.440 e. The van der Waals surface area contributed by atoms with Crippen molar-refractivity contribution in [2.75, 3.05) is 18.1 Å². The number of rotatable bonds is 10. The van der Waals surface area contributed by atoms with E-state index in [0.717, 1.165) is 37.0 Å². The molecule has 10 heteroatoms. The molecule has 1 heterocycles. The van der Waals surface area contributed by atoms with Crippen LogP contribution in [-0.4, -0.2) is 58.0 Å². The Balaban J connectivity index is 2.46. The topological polar surface area (TPSA) is 88.4 Å². The lowest BCUT2D eigenvalue weighted by Gasteiger charge is -2.35. The van der Waals surface area contributed by atoms with Crippen LogP contribution in [0.15, 0.2) is 9.32 Å². The number of aromatic amines is 1. The highest BCUT2D eigenvalue weighted by atomic mass is 16.5. The fourth-order valence-corrected chi connectivity index (χ4v) is 1.80. The van der Waals surface area contributed by atoms with E-state index in [0.29, 0.717) is 6.61 Å². The second-order valence-electron chi connectivity index (χ2n) is 5.03. The van der Waals surface area contributed by atoms with Crippen molar-refractivity contribution in [2.24, 2.45) is 0 Å². The van der Waals surface area contributed by atoms with Crippen LogP contribution in [0.1, 0.15) is 39.0 Å². The molecule has 0 aliphatic heterocycles. The third-order valence-electron chi connectivity index (χ3n) is 2.95. The second kappa shape index (κ2) is 8.75. The monoisotopic (exact) mass is 301 g/mol. The molecule has 0 unspecified atom stereocenters. The van der Waals surface area contributed by atoms with Gasteiger partial charge in [-0.25, -0.2) is 4.79 Å². The summed E-state index contributed by atoms with van der Waals surface area (Å²) in [5.74, 6) is -1.53. The summed E-state index contributed by atoms with van der Waals surface area (Å²) in [6.45, 7) is 2.07. The Labute approximate surface area is 133 Å². The van der Waals surface area contributed by atoms with Crippen molar-refractivity contribution in [3.8, 4) is 0 Å². The van der Waals surface area contributed by atoms with Gasteiger partial charge in [-0.3, -0.25) is 14.3 Å². The minimum absolute atomic E-state index is 0.141. The molecule has 1 N–H and O–H groups in total. The normalized spacial score (nSPS) is 11.3. The summed E-state index contributed by atoms with van der Waals surface area (Å²) in [6.07, 6.45) is 5.20. The Hall–Kier alpha value is -1.60. The first-order chi connectivity index (χ1) is 10.3. The van der Waals surface area contributed by atoms with Crippen LogP contribution >= 0.6 is 0 Å². The van der Waals surface area contributed by atoms with Crippen LogP contribution in [0.25, 0.3) is 0 Å². The number of ether oxygens (including phenoxy) is 1. The van der Waals surface area contributed by atoms with Gasteiger partial charge >= 0.3 is 11.7 Å². The summed E-state index contributed by atoms with van der Waals surface area (Å²) in [7, 11) is 16.6. The Morgan fingerprint density at radius 2 is 2.00 bits per heavy atom. The summed E-state index contributed by atoms with van der Waals surface area (Å²) in [5.41, 5.74) is 0. The molecule has 7 nitrogen and oxygen atoms in total. The van der Waals surface area contributed by atoms with E-state index in [4.69, 9.17) is 28.3 Å². The maximum absolute atomic E-state index is 11.8. The molecule has 114 valence electrons. The first-order valence-corrected chi connectivity index (χ1v) is 7.20. The lowest BCUT2D eigenvalue weighted by molar-refractivity contribution is -0.142. The van der Waals surface area contributed by atoms with Gasteiger partial charge in [0.1, 0.15) is 6.54 Å². The zero-order valence-electron chi connectivity index (χ0n) is 12.7. The van der Waals surface area contributed by atoms with E-state index in [2.05, 4.69) is 21.6 Å². The Morgan fingerprint density at radius 3 is 2.55 bits per heavy atom. The quantitative estimate of drug-likeness (QED) is 0.366. The molecule has 1 aromatic rings. The molecule has 0 aromatic carbocycles. The minimum Gasteiger partial charge on any atom is -0.464 e. The van der Waals surface area contributed by atoms with Gasteiger partial charge in [-0.1, -0.05) is 37.8 Å². The Bertz CT molecular complexity index is 512. The second-order valence-corrected chi connectivity index (χ2v) is 5.03. The molecule has 0 spiro atoms. The maximum atomic E-state index is 11.8. The summed E-state index contributed by atoms with van der Waals surface area (Å²) >= 11 is 0. The van der Waals surface area contributed by atoms with Crippen molar-refractivity contribution in [1.29, 1.82) is 0 Å². The third kappa shape index (κ3) is 6.45. The number of unbranched alkanes of at least 4 members (excludes halogenated alkanes) is 4. The third-order valence-corrected chi connectivity index (χ3v) is 2.95. The molecular formula is C12H18B3N3O4. The van der Waals surface area contributed by atoms with E-state index in [1.807, 2.05) is 0 Å². The molecule has 0 fully saturated rings. The summed E-state index contributed by atoms with van der Waals surface area (Å²) in [6, 6.07) is 0. The number of hydrogen-bond donors (Lipinski definition) is 1. The predicted octanol–water partition coefficient (Wildman–Crippen LogP) is -0.200. The zero-order valence-corrected chi connectivity index (χ0v) is 12.7. The van der Waals surface area contributed by atoms with Gasteiger partial charge in [-0.05, 0) is 11.6 Å². The van der Waals surface area contributed by atoms with Crippen LogP contribution in [0.3, 0.4) is 0 Å². The average molecular weight is 301 g/mol. The van der Waals surface area contributed by atoms with E-state index >= 15 is 0 Å². The van der Waals surface area contributed by atoms with Crippen molar-refractivity contribution in [2.45, 2.75) is 44.3 Å². The van der Waals surface area contributed by atoms with Crippen molar-refractivity contribution in [3.63, 3.8) is 0 Å². The summed E-state index contributed by atoms with van der Waals surface area (Å²) in [5, 5.41) is 1.50. The van der Waals surface area contributed by atoms with Gasteiger partial charge in [0.2, 0.25) is 5.95 Å². The average Bonchev–Trinajstić information content (AvgIpc) is 2.85. The Kier molecular flexibility index (Phi) is 7.34. The number of aromatic nitrogens is 2. The Morgan fingerprint density at radius 1 is 1.32 bits per heavy atom. The largest absolute Gasteiger partial charge is 0.464 e. The lowest BCUT2D eigenvalue weighted by Crippen LogP contribution is -2.54. The first-order valence-electron chi connectivity index (χ1n) is 7.20. The molecule has 6 radical (unpaired) electrons. The minimum atomic E-state index is -1.90. The van der Waals surface area contributed by atoms with Crippen molar-refractivity contribution in [3.05, 3.63) is 10.6 Å². The molecule has 0 bridgehead atoms. The highest BCUT2D eigenvalue weighted by Gasteiger charge is 2.26. The van der Waals surface area contributed by atoms with Crippen molar-refractivity contribution < 1.29 is 14.1 Å². The van der Waals surface area contributed by atoms with Crippen LogP contribution in [0, 0.1) is 0 Å². The van der Waals surface area contributed by atoms with Gasteiger partial charge in [-0.2, -0.15) is 0 Å². The van der Waals surface area contributed by atoms with Gasteiger partial charge < -0.3 is 9.64 Å². The van der Waals surface area contributed by atoms with Crippen LogP contribution < -0.4 is 10.7 Å². The van der Waals surface area contributed by atoms with E-state index in [-0.39, 0.29) is 12.5 Å². The fraction of sp³-hybridized carbons (Fsp3) is 0.750. The van der Waals surface area contributed by atoms with E-state index in [9.17, 15) is 9.59 Å². The van der Waals surface area contributed by atoms with E-state index in [1.54, 1.807) is 0 Å². The highest BCUT2D eigenvalue weighted by Crippen LogP contribution is 2.12. The number of hydrogen-bond acceptors (Lipinski definition) is 6. The van der Waals surface area contributed by atoms with Crippen LogP contribution in [0.5, 0.6) is 0 Å². The van der Waals surface area contributed by atoms with E-state index in [1.165, 1.54) is 0 Å². The number of carbonyl (C=O) groups excluding carboxylic acids is 1. The molecule has 22 heavy (non-hydrogen) atoms. The first kappa shape index (κ1) is 18.5. The van der Waals surface area contributed by atoms with Crippen LogP contribution in [-0.2, 0) is 9.53 Å². The van der Waals surface area contributed by atoms with Gasteiger partial charge in [0.15, 0.2) is 0 Å². The molecule has 0 saturated carbocycles. The standard InChI is InChI=1S/C12H18B3N3O4/c1-2-3-4-5-6-7-21-9(19)8-18(12(13,14)15)10-16-11(20)22-17-10/h2-8H2,1H3,(H,16,17,20).